The lowest BCUT2D eigenvalue weighted by molar-refractivity contribution is 0.586. The molecule has 198 valence electrons. The van der Waals surface area contributed by atoms with Crippen molar-refractivity contribution in [2.45, 2.75) is 29.2 Å². The normalized spacial score (nSPS) is 13.9. The molecule has 0 unspecified atom stereocenters. The second-order valence-corrected chi connectivity index (χ2v) is 12.3. The van der Waals surface area contributed by atoms with Crippen LogP contribution in [0.2, 0.25) is 0 Å². The van der Waals surface area contributed by atoms with Gasteiger partial charge in [0.1, 0.15) is 10.7 Å². The molecule has 38 heavy (non-hydrogen) atoms. The van der Waals surface area contributed by atoms with Gasteiger partial charge in [-0.1, -0.05) is 18.2 Å². The topological polar surface area (TPSA) is 127 Å². The Balaban J connectivity index is 1.85. The minimum atomic E-state index is -4.18. The molecule has 0 amide bonds. The second kappa shape index (κ2) is 9.95. The third-order valence-corrected chi connectivity index (χ3v) is 9.04. The molecule has 1 aliphatic heterocycles. The molecule has 0 aliphatic carbocycles. The molecule has 1 aliphatic rings. The first kappa shape index (κ1) is 26.0. The summed E-state index contributed by atoms with van der Waals surface area (Å²) in [5.74, 6) is -0.596. The molecule has 0 saturated carbocycles. The Kier molecular flexibility index (Phi) is 6.82. The van der Waals surface area contributed by atoms with Crippen LogP contribution in [0.3, 0.4) is 0 Å². The van der Waals surface area contributed by atoms with E-state index in [1.807, 2.05) is 4.90 Å². The van der Waals surface area contributed by atoms with Gasteiger partial charge in [-0.3, -0.25) is 4.98 Å². The summed E-state index contributed by atoms with van der Waals surface area (Å²) in [6.07, 6.45) is 5.61. The second-order valence-electron chi connectivity index (χ2n) is 8.94. The van der Waals surface area contributed by atoms with Gasteiger partial charge in [0.25, 0.3) is 10.0 Å². The number of fused-ring (bicyclic) bond motifs is 1. The molecule has 0 atom stereocenters. The lowest BCUT2D eigenvalue weighted by Crippen LogP contribution is -2.27. The summed E-state index contributed by atoms with van der Waals surface area (Å²) >= 11 is 0. The molecule has 4 aromatic rings. The highest BCUT2D eigenvalue weighted by Gasteiger charge is 2.32. The van der Waals surface area contributed by atoms with Gasteiger partial charge in [-0.25, -0.2) is 30.3 Å². The predicted octanol–water partition coefficient (Wildman–Crippen LogP) is 3.38. The van der Waals surface area contributed by atoms with Crippen molar-refractivity contribution in [3.8, 4) is 11.3 Å². The number of nitrogens with zero attached hydrogens (tertiary/aromatic N) is 3. The van der Waals surface area contributed by atoms with Crippen LogP contribution in [0.1, 0.15) is 17.5 Å². The van der Waals surface area contributed by atoms with Gasteiger partial charge in [-0.05, 0) is 61.9 Å². The quantitative estimate of drug-likeness (QED) is 0.358. The maximum absolute atomic E-state index is 15.4. The standard InChI is InChI=1S/C26H26FN5O4S2/c1-29-15-19-17-32(38(35,36)21-7-4-12-30-16-21)26(22-8-2-3-9-23(22)27)25(19)31-13-5-6-18-10-11-20(14-24(18)31)37(28,33)34/h2-4,7-12,14,16-17,29H,5-6,13,15H2,1H3,(H2,28,33,34). The average Bonchev–Trinajstić information content (AvgIpc) is 3.28. The Labute approximate surface area is 220 Å². The molecule has 2 aromatic heterocycles. The number of benzene rings is 2. The summed E-state index contributed by atoms with van der Waals surface area (Å²) in [5, 5.41) is 8.49. The third-order valence-electron chi connectivity index (χ3n) is 6.48. The Bertz CT molecular complexity index is 1720. The molecule has 0 spiro atoms. The Morgan fingerprint density at radius 1 is 1.05 bits per heavy atom. The van der Waals surface area contributed by atoms with Gasteiger partial charge in [0.15, 0.2) is 0 Å². The number of aromatic nitrogens is 2. The van der Waals surface area contributed by atoms with Gasteiger partial charge < -0.3 is 10.2 Å². The smallest absolute Gasteiger partial charge is 0.269 e. The highest BCUT2D eigenvalue weighted by atomic mass is 32.2. The van der Waals surface area contributed by atoms with Crippen LogP contribution in [0.4, 0.5) is 15.8 Å². The van der Waals surface area contributed by atoms with Crippen LogP contribution in [0.5, 0.6) is 0 Å². The molecule has 12 heteroatoms. The van der Waals surface area contributed by atoms with E-state index in [9.17, 15) is 16.8 Å². The first-order valence-corrected chi connectivity index (χ1v) is 14.8. The van der Waals surface area contributed by atoms with Crippen LogP contribution in [-0.2, 0) is 33.0 Å². The highest BCUT2D eigenvalue weighted by molar-refractivity contribution is 7.90. The van der Waals surface area contributed by atoms with E-state index in [1.165, 1.54) is 61.1 Å². The van der Waals surface area contributed by atoms with E-state index < -0.39 is 25.9 Å². The first-order chi connectivity index (χ1) is 18.1. The number of nitrogens with one attached hydrogen (secondary N) is 1. The summed E-state index contributed by atoms with van der Waals surface area (Å²) in [7, 11) is -6.45. The van der Waals surface area contributed by atoms with E-state index in [2.05, 4.69) is 10.3 Å². The van der Waals surface area contributed by atoms with Gasteiger partial charge in [-0.15, -0.1) is 0 Å². The first-order valence-electron chi connectivity index (χ1n) is 11.9. The zero-order valence-electron chi connectivity index (χ0n) is 20.5. The number of anilines is 2. The molecular weight excluding hydrogens is 529 g/mol. The predicted molar refractivity (Wildman–Crippen MR) is 143 cm³/mol. The lowest BCUT2D eigenvalue weighted by Gasteiger charge is -2.33. The fourth-order valence-corrected chi connectivity index (χ4v) is 6.71. The maximum Gasteiger partial charge on any atom is 0.269 e. The van der Waals surface area contributed by atoms with Crippen molar-refractivity contribution in [2.75, 3.05) is 18.5 Å². The van der Waals surface area contributed by atoms with Crippen molar-refractivity contribution in [3.63, 3.8) is 0 Å². The largest absolute Gasteiger partial charge is 0.339 e. The summed E-state index contributed by atoms with van der Waals surface area (Å²) in [5.41, 5.74) is 2.73. The number of aryl methyl sites for hydroxylation is 1. The van der Waals surface area contributed by atoms with Crippen molar-refractivity contribution in [1.82, 2.24) is 14.3 Å². The Morgan fingerprint density at radius 3 is 2.53 bits per heavy atom. The summed E-state index contributed by atoms with van der Waals surface area (Å²) in [6, 6.07) is 13.6. The van der Waals surface area contributed by atoms with E-state index in [1.54, 1.807) is 19.2 Å². The van der Waals surface area contributed by atoms with Gasteiger partial charge >= 0.3 is 0 Å². The third kappa shape index (κ3) is 4.60. The van der Waals surface area contributed by atoms with Crippen molar-refractivity contribution >= 4 is 31.4 Å². The van der Waals surface area contributed by atoms with Crippen molar-refractivity contribution in [1.29, 1.82) is 0 Å². The monoisotopic (exact) mass is 555 g/mol. The van der Waals surface area contributed by atoms with Crippen LogP contribution < -0.4 is 15.4 Å². The van der Waals surface area contributed by atoms with Crippen LogP contribution in [0.15, 0.2) is 83.0 Å². The zero-order valence-corrected chi connectivity index (χ0v) is 22.1. The summed E-state index contributed by atoms with van der Waals surface area (Å²) in [6.45, 7) is 0.725. The number of hydrogen-bond acceptors (Lipinski definition) is 7. The van der Waals surface area contributed by atoms with Crippen molar-refractivity contribution < 1.29 is 21.2 Å². The number of sulfonamides is 1. The van der Waals surface area contributed by atoms with Crippen LogP contribution in [-0.4, -0.2) is 39.4 Å². The minimum absolute atomic E-state index is 0.0503. The molecule has 3 N–H and O–H groups in total. The SMILES string of the molecule is CNCc1cn(S(=O)(=O)c2cccnc2)c(-c2ccccc2F)c1N1CCCc2ccc(S(N)(=O)=O)cc21. The van der Waals surface area contributed by atoms with E-state index in [0.29, 0.717) is 29.9 Å². The molecule has 3 heterocycles. The molecule has 0 fully saturated rings. The fraction of sp³-hybridized carbons (Fsp3) is 0.192. The number of pyridine rings is 1. The number of rotatable bonds is 7. The molecule has 0 saturated heterocycles. The molecule has 2 aromatic carbocycles. The van der Waals surface area contributed by atoms with Crippen LogP contribution >= 0.6 is 0 Å². The van der Waals surface area contributed by atoms with Crippen molar-refractivity contribution in [3.05, 3.63) is 90.1 Å². The van der Waals surface area contributed by atoms with Gasteiger partial charge in [0.2, 0.25) is 10.0 Å². The van der Waals surface area contributed by atoms with E-state index >= 15 is 4.39 Å². The maximum atomic E-state index is 15.4. The molecule has 0 bridgehead atoms. The molecular formula is C26H26FN5O4S2. The Hall–Kier alpha value is -3.58. The minimum Gasteiger partial charge on any atom is -0.339 e. The van der Waals surface area contributed by atoms with Crippen molar-refractivity contribution in [2.24, 2.45) is 5.14 Å². The molecule has 9 nitrogen and oxygen atoms in total. The molecule has 0 radical (unpaired) electrons. The zero-order chi connectivity index (χ0) is 27.1. The van der Waals surface area contributed by atoms with Gasteiger partial charge in [-0.2, -0.15) is 0 Å². The van der Waals surface area contributed by atoms with E-state index in [0.717, 1.165) is 16.0 Å². The summed E-state index contributed by atoms with van der Waals surface area (Å²) < 4.78 is 68.6. The van der Waals surface area contributed by atoms with Gasteiger partial charge in [0.05, 0.1) is 16.3 Å². The number of primary sulfonamides is 1. The van der Waals surface area contributed by atoms with Crippen LogP contribution in [0, 0.1) is 5.82 Å². The highest BCUT2D eigenvalue weighted by Crippen LogP contribution is 2.45. The van der Waals surface area contributed by atoms with Crippen LogP contribution in [0.25, 0.3) is 11.3 Å². The van der Waals surface area contributed by atoms with E-state index in [4.69, 9.17) is 5.14 Å². The average molecular weight is 556 g/mol. The van der Waals surface area contributed by atoms with E-state index in [-0.39, 0.29) is 27.6 Å². The number of nitrogens with two attached hydrogens (primary N) is 1. The Morgan fingerprint density at radius 2 is 1.84 bits per heavy atom. The summed E-state index contributed by atoms with van der Waals surface area (Å²) in [4.78, 5) is 5.70. The van der Waals surface area contributed by atoms with Gasteiger partial charge in [0, 0.05) is 48.5 Å². The number of halogens is 1. The fourth-order valence-electron chi connectivity index (χ4n) is 4.81. The lowest BCUT2D eigenvalue weighted by atomic mass is 9.99. The number of hydrogen-bond donors (Lipinski definition) is 2. The molecule has 5 rings (SSSR count).